The zero-order valence-electron chi connectivity index (χ0n) is 10.2. The number of nitrogens with zero attached hydrogens (tertiary/aromatic N) is 2. The van der Waals surface area contributed by atoms with Crippen LogP contribution < -0.4 is 0 Å². The molecule has 1 saturated heterocycles. The van der Waals surface area contributed by atoms with E-state index in [-0.39, 0.29) is 0 Å². The fraction of sp³-hybridized carbons (Fsp3) is 0.833. The molecule has 2 unspecified atom stereocenters. The number of allylic oxidation sites excluding steroid dienone is 1. The molecular weight excluding hydrogens is 172 g/mol. The maximum absolute atomic E-state index is 4.11. The van der Waals surface area contributed by atoms with Crippen LogP contribution in [0.1, 0.15) is 27.2 Å². The minimum absolute atomic E-state index is 0.770. The summed E-state index contributed by atoms with van der Waals surface area (Å²) in [6.45, 7) is 15.6. The van der Waals surface area contributed by atoms with Crippen LogP contribution >= 0.6 is 0 Å². The van der Waals surface area contributed by atoms with E-state index in [1.165, 1.54) is 38.3 Å². The highest BCUT2D eigenvalue weighted by Gasteiger charge is 2.37. The molecule has 0 bridgehead atoms. The van der Waals surface area contributed by atoms with E-state index < -0.39 is 0 Å². The van der Waals surface area contributed by atoms with Crippen molar-refractivity contribution < 1.29 is 4.48 Å². The minimum Gasteiger partial charge on any atom is -0.297 e. The quantitative estimate of drug-likeness (QED) is 0.624. The first-order valence-corrected chi connectivity index (χ1v) is 5.78. The first kappa shape index (κ1) is 11.7. The lowest BCUT2D eigenvalue weighted by Crippen LogP contribution is -2.44. The van der Waals surface area contributed by atoms with E-state index >= 15 is 0 Å². The average Bonchev–Trinajstić information content (AvgIpc) is 2.52. The molecule has 2 atom stereocenters. The van der Waals surface area contributed by atoms with Gasteiger partial charge < -0.3 is 0 Å². The lowest BCUT2D eigenvalue weighted by Gasteiger charge is -2.31. The molecule has 82 valence electrons. The van der Waals surface area contributed by atoms with Crippen molar-refractivity contribution in [2.45, 2.75) is 33.2 Å². The zero-order chi connectivity index (χ0) is 10.8. The number of likely N-dealkylation sites (tertiary alicyclic amines) is 1. The molecule has 0 aromatic rings. The van der Waals surface area contributed by atoms with Gasteiger partial charge in [-0.2, -0.15) is 0 Å². The van der Waals surface area contributed by atoms with Gasteiger partial charge in [-0.05, 0) is 19.7 Å². The Bertz CT molecular complexity index is 208. The van der Waals surface area contributed by atoms with Gasteiger partial charge in [0.2, 0.25) is 0 Å². The summed E-state index contributed by atoms with van der Waals surface area (Å²) in [5, 5.41) is 0. The molecular formula is C12H25N2+. The standard InChI is InChI=1S/C12H25N2/c1-6-13(7-2)12-8-9-14(5,10-12)11(3)4/h12H,3,6-10H2,1-2,4-5H3/q+1. The zero-order valence-corrected chi connectivity index (χ0v) is 10.2. The third-order valence-electron chi connectivity index (χ3n) is 3.82. The fourth-order valence-electron chi connectivity index (χ4n) is 2.47. The summed E-state index contributed by atoms with van der Waals surface area (Å²) in [5.74, 6) is 0. The Kier molecular flexibility index (Phi) is 3.73. The molecule has 0 saturated carbocycles. The monoisotopic (exact) mass is 197 g/mol. The lowest BCUT2D eigenvalue weighted by molar-refractivity contribution is -0.860. The molecule has 0 aliphatic carbocycles. The third-order valence-corrected chi connectivity index (χ3v) is 3.82. The molecule has 1 aliphatic heterocycles. The number of quaternary nitrogens is 1. The van der Waals surface area contributed by atoms with E-state index in [0.29, 0.717) is 0 Å². The maximum Gasteiger partial charge on any atom is 0.0988 e. The predicted molar refractivity (Wildman–Crippen MR) is 62.1 cm³/mol. The molecule has 0 aromatic carbocycles. The van der Waals surface area contributed by atoms with Gasteiger partial charge >= 0.3 is 0 Å². The summed E-state index contributed by atoms with van der Waals surface area (Å²) in [7, 11) is 2.31. The van der Waals surface area contributed by atoms with Gasteiger partial charge in [0.1, 0.15) is 0 Å². The molecule has 0 radical (unpaired) electrons. The van der Waals surface area contributed by atoms with Crippen LogP contribution in [0.4, 0.5) is 0 Å². The highest BCUT2D eigenvalue weighted by atomic mass is 15.4. The van der Waals surface area contributed by atoms with Crippen LogP contribution in [-0.4, -0.2) is 48.7 Å². The molecule has 1 heterocycles. The van der Waals surface area contributed by atoms with E-state index in [2.05, 4.69) is 39.3 Å². The largest absolute Gasteiger partial charge is 0.297 e. The molecule has 0 amide bonds. The molecule has 1 aliphatic rings. The minimum atomic E-state index is 0.770. The molecule has 0 spiro atoms. The Morgan fingerprint density at radius 1 is 1.43 bits per heavy atom. The van der Waals surface area contributed by atoms with Crippen LogP contribution in [-0.2, 0) is 0 Å². The van der Waals surface area contributed by atoms with Crippen LogP contribution in [0, 0.1) is 0 Å². The summed E-state index contributed by atoms with van der Waals surface area (Å²) in [5.41, 5.74) is 1.31. The van der Waals surface area contributed by atoms with Crippen molar-refractivity contribution in [3.8, 4) is 0 Å². The molecule has 1 fully saturated rings. The molecule has 1 rings (SSSR count). The van der Waals surface area contributed by atoms with Gasteiger partial charge in [0.05, 0.1) is 31.9 Å². The highest BCUT2D eigenvalue weighted by Crippen LogP contribution is 2.25. The number of hydrogen-bond donors (Lipinski definition) is 0. The summed E-state index contributed by atoms with van der Waals surface area (Å²) in [4.78, 5) is 2.58. The van der Waals surface area contributed by atoms with E-state index in [1.807, 2.05) is 0 Å². The second kappa shape index (κ2) is 4.45. The fourth-order valence-corrected chi connectivity index (χ4v) is 2.47. The van der Waals surface area contributed by atoms with Crippen LogP contribution in [0.5, 0.6) is 0 Å². The number of hydrogen-bond acceptors (Lipinski definition) is 1. The van der Waals surface area contributed by atoms with Crippen molar-refractivity contribution in [1.82, 2.24) is 4.90 Å². The van der Waals surface area contributed by atoms with E-state index in [0.717, 1.165) is 10.5 Å². The van der Waals surface area contributed by atoms with Crippen molar-refractivity contribution in [3.05, 3.63) is 12.3 Å². The Labute approximate surface area is 88.8 Å². The van der Waals surface area contributed by atoms with Gasteiger partial charge in [0, 0.05) is 13.3 Å². The van der Waals surface area contributed by atoms with E-state index in [1.54, 1.807) is 0 Å². The Hall–Kier alpha value is -0.340. The van der Waals surface area contributed by atoms with Gasteiger partial charge in [-0.15, -0.1) is 0 Å². The SMILES string of the molecule is C=C(C)[N+]1(C)CCC(N(CC)CC)C1. The topological polar surface area (TPSA) is 3.24 Å². The maximum atomic E-state index is 4.11. The summed E-state index contributed by atoms with van der Waals surface area (Å²) in [6, 6.07) is 0.770. The van der Waals surface area contributed by atoms with Gasteiger partial charge in [-0.3, -0.25) is 9.38 Å². The number of likely N-dealkylation sites (N-methyl/N-ethyl adjacent to an activating group) is 2. The van der Waals surface area contributed by atoms with E-state index in [9.17, 15) is 0 Å². The first-order chi connectivity index (χ1) is 6.53. The predicted octanol–water partition coefficient (Wildman–Crippen LogP) is 2.08. The second-order valence-corrected chi connectivity index (χ2v) is 4.70. The Morgan fingerprint density at radius 2 is 2.00 bits per heavy atom. The van der Waals surface area contributed by atoms with Crippen LogP contribution in [0.25, 0.3) is 0 Å². The van der Waals surface area contributed by atoms with Crippen LogP contribution in [0.3, 0.4) is 0 Å². The normalized spacial score (nSPS) is 32.5. The van der Waals surface area contributed by atoms with Crippen molar-refractivity contribution in [2.24, 2.45) is 0 Å². The van der Waals surface area contributed by atoms with Crippen molar-refractivity contribution >= 4 is 0 Å². The molecule has 2 nitrogen and oxygen atoms in total. The highest BCUT2D eigenvalue weighted by molar-refractivity contribution is 4.84. The van der Waals surface area contributed by atoms with Gasteiger partial charge in [0.25, 0.3) is 0 Å². The van der Waals surface area contributed by atoms with Gasteiger partial charge in [0.15, 0.2) is 0 Å². The second-order valence-electron chi connectivity index (χ2n) is 4.70. The molecule has 14 heavy (non-hydrogen) atoms. The van der Waals surface area contributed by atoms with Crippen LogP contribution in [0.2, 0.25) is 0 Å². The van der Waals surface area contributed by atoms with Crippen molar-refractivity contribution in [3.63, 3.8) is 0 Å². The third kappa shape index (κ3) is 2.18. The summed E-state index contributed by atoms with van der Waals surface area (Å²) in [6.07, 6.45) is 1.32. The average molecular weight is 197 g/mol. The van der Waals surface area contributed by atoms with Crippen molar-refractivity contribution in [1.29, 1.82) is 0 Å². The molecule has 0 N–H and O–H groups in total. The lowest BCUT2D eigenvalue weighted by atomic mass is 10.2. The van der Waals surface area contributed by atoms with Gasteiger partial charge in [-0.25, -0.2) is 0 Å². The Balaban J connectivity index is 2.60. The Morgan fingerprint density at radius 3 is 2.36 bits per heavy atom. The smallest absolute Gasteiger partial charge is 0.0988 e. The van der Waals surface area contributed by atoms with E-state index in [4.69, 9.17) is 0 Å². The number of rotatable bonds is 4. The van der Waals surface area contributed by atoms with Crippen molar-refractivity contribution in [2.75, 3.05) is 33.2 Å². The van der Waals surface area contributed by atoms with Gasteiger partial charge in [-0.1, -0.05) is 13.8 Å². The molecule has 0 aromatic heterocycles. The van der Waals surface area contributed by atoms with Crippen LogP contribution in [0.15, 0.2) is 12.3 Å². The summed E-state index contributed by atoms with van der Waals surface area (Å²) < 4.78 is 1.07. The molecule has 2 heteroatoms. The first-order valence-electron chi connectivity index (χ1n) is 5.78. The summed E-state index contributed by atoms with van der Waals surface area (Å²) >= 11 is 0.